The van der Waals surface area contributed by atoms with Crippen molar-refractivity contribution in [2.75, 3.05) is 38.5 Å². The molecule has 1 saturated heterocycles. The van der Waals surface area contributed by atoms with Crippen LogP contribution in [0.4, 0.5) is 5.82 Å². The van der Waals surface area contributed by atoms with E-state index in [0.717, 1.165) is 12.6 Å². The molecule has 2 rings (SSSR count). The molecule has 1 fully saturated rings. The van der Waals surface area contributed by atoms with E-state index in [1.807, 2.05) is 7.05 Å². The number of nitrogens with zero attached hydrogens (tertiary/aromatic N) is 3. The number of nitrogens with two attached hydrogens (primary N) is 1. The van der Waals surface area contributed by atoms with Crippen molar-refractivity contribution >= 4 is 22.2 Å². The van der Waals surface area contributed by atoms with E-state index in [9.17, 15) is 8.42 Å². The van der Waals surface area contributed by atoms with Crippen LogP contribution >= 0.6 is 0 Å². The summed E-state index contributed by atoms with van der Waals surface area (Å²) in [5.41, 5.74) is 5.25. The molecule has 0 bridgehead atoms. The van der Waals surface area contributed by atoms with E-state index in [0.29, 0.717) is 0 Å². The summed E-state index contributed by atoms with van der Waals surface area (Å²) in [7, 11) is -0.408. The molecule has 0 aliphatic carbocycles. The summed E-state index contributed by atoms with van der Waals surface area (Å²) >= 11 is 0. The van der Waals surface area contributed by atoms with E-state index in [1.54, 1.807) is 0 Å². The second-order valence-corrected chi connectivity index (χ2v) is 5.04. The number of rotatable bonds is 6. The summed E-state index contributed by atoms with van der Waals surface area (Å²) in [6, 6.07) is 0.736. The molecule has 11 nitrogen and oxygen atoms in total. The minimum absolute atomic E-state index is 0.0559. The summed E-state index contributed by atoms with van der Waals surface area (Å²) in [5.74, 6) is -0.0996. The van der Waals surface area contributed by atoms with Crippen molar-refractivity contribution in [2.24, 2.45) is 10.1 Å². The number of hydrogen-bond acceptors (Lipinski definition) is 10. The van der Waals surface area contributed by atoms with Gasteiger partial charge in [-0.3, -0.25) is 5.41 Å². The summed E-state index contributed by atoms with van der Waals surface area (Å²) in [4.78, 5) is 0. The van der Waals surface area contributed by atoms with Crippen LogP contribution in [0.3, 0.4) is 0 Å². The molecule has 1 aromatic rings. The zero-order valence-electron chi connectivity index (χ0n) is 12.2. The Hall–Kier alpha value is -2.05. The fraction of sp³-hybridized carbons (Fsp3) is 0.700. The Kier molecular flexibility index (Phi) is 8.03. The summed E-state index contributed by atoms with van der Waals surface area (Å²) in [6.07, 6.45) is 1.29. The molecule has 12 heteroatoms. The van der Waals surface area contributed by atoms with Gasteiger partial charge in [0, 0.05) is 19.1 Å². The van der Waals surface area contributed by atoms with Crippen LogP contribution in [-0.4, -0.2) is 63.8 Å². The van der Waals surface area contributed by atoms with Crippen molar-refractivity contribution in [2.45, 2.75) is 12.5 Å². The SMILES string of the molecule is CNC1CCNC1.N=C(N)c1nonc1NCCN=S(=O)=O. The number of hydrogen-bond donors (Lipinski definition) is 5. The van der Waals surface area contributed by atoms with Crippen molar-refractivity contribution < 1.29 is 13.0 Å². The minimum atomic E-state index is -2.42. The zero-order valence-corrected chi connectivity index (χ0v) is 13.0. The van der Waals surface area contributed by atoms with Gasteiger partial charge >= 0.3 is 10.5 Å². The Morgan fingerprint density at radius 1 is 1.59 bits per heavy atom. The van der Waals surface area contributed by atoms with Crippen LogP contribution in [0.1, 0.15) is 12.1 Å². The highest BCUT2D eigenvalue weighted by Crippen LogP contribution is 2.07. The van der Waals surface area contributed by atoms with Gasteiger partial charge < -0.3 is 21.7 Å². The predicted molar refractivity (Wildman–Crippen MR) is 80.4 cm³/mol. The number of likely N-dealkylation sites (N-methyl/N-ethyl adjacent to an activating group) is 1. The Morgan fingerprint density at radius 3 is 2.86 bits per heavy atom. The third-order valence-corrected chi connectivity index (χ3v) is 3.21. The van der Waals surface area contributed by atoms with E-state index >= 15 is 0 Å². The maximum absolute atomic E-state index is 10.0. The van der Waals surface area contributed by atoms with Crippen molar-refractivity contribution in [3.63, 3.8) is 0 Å². The first kappa shape index (κ1) is 18.0. The molecule has 0 aromatic carbocycles. The Labute approximate surface area is 129 Å². The zero-order chi connectivity index (χ0) is 16.4. The van der Waals surface area contributed by atoms with Crippen molar-refractivity contribution in [3.05, 3.63) is 5.69 Å². The monoisotopic (exact) mass is 332 g/mol. The summed E-state index contributed by atoms with van der Waals surface area (Å²) < 4.78 is 27.6. The molecule has 22 heavy (non-hydrogen) atoms. The molecule has 0 saturated carbocycles. The van der Waals surface area contributed by atoms with Crippen molar-refractivity contribution in [1.29, 1.82) is 5.41 Å². The van der Waals surface area contributed by atoms with Gasteiger partial charge in [-0.15, -0.1) is 0 Å². The average Bonchev–Trinajstić information content (AvgIpc) is 3.15. The van der Waals surface area contributed by atoms with Crippen LogP contribution in [0.15, 0.2) is 8.99 Å². The normalized spacial score (nSPS) is 16.5. The van der Waals surface area contributed by atoms with E-state index in [2.05, 4.69) is 35.3 Å². The number of nitrogen functional groups attached to an aromatic ring is 1. The van der Waals surface area contributed by atoms with Crippen LogP contribution in [-0.2, 0) is 10.5 Å². The molecule has 1 aliphatic heterocycles. The first-order valence-electron chi connectivity index (χ1n) is 6.60. The van der Waals surface area contributed by atoms with Gasteiger partial charge in [0.05, 0.1) is 6.54 Å². The first-order valence-corrected chi connectivity index (χ1v) is 7.63. The lowest BCUT2D eigenvalue weighted by molar-refractivity contribution is 0.307. The van der Waals surface area contributed by atoms with Crippen molar-refractivity contribution in [3.8, 4) is 0 Å². The van der Waals surface area contributed by atoms with Gasteiger partial charge in [-0.1, -0.05) is 0 Å². The average molecular weight is 332 g/mol. The second-order valence-electron chi connectivity index (χ2n) is 4.35. The number of amidine groups is 1. The molecule has 124 valence electrons. The third kappa shape index (κ3) is 6.60. The first-order chi connectivity index (χ1) is 10.5. The fourth-order valence-corrected chi connectivity index (χ4v) is 1.92. The fourth-order valence-electron chi connectivity index (χ4n) is 1.68. The van der Waals surface area contributed by atoms with Gasteiger partial charge in [0.1, 0.15) is 5.84 Å². The molecule has 0 amide bonds. The van der Waals surface area contributed by atoms with E-state index in [1.165, 1.54) is 13.0 Å². The molecular weight excluding hydrogens is 312 g/mol. The van der Waals surface area contributed by atoms with Gasteiger partial charge in [0.2, 0.25) is 5.82 Å². The van der Waals surface area contributed by atoms with Gasteiger partial charge in [0.15, 0.2) is 5.69 Å². The largest absolute Gasteiger partial charge is 0.382 e. The van der Waals surface area contributed by atoms with Gasteiger partial charge in [-0.25, -0.2) is 4.63 Å². The molecule has 1 aromatic heterocycles. The highest BCUT2D eigenvalue weighted by Gasteiger charge is 2.11. The highest BCUT2D eigenvalue weighted by molar-refractivity contribution is 7.61. The van der Waals surface area contributed by atoms with Crippen LogP contribution < -0.4 is 21.7 Å². The van der Waals surface area contributed by atoms with E-state index in [-0.39, 0.29) is 30.4 Å². The Balaban J connectivity index is 0.000000287. The van der Waals surface area contributed by atoms with Crippen LogP contribution in [0.25, 0.3) is 0 Å². The molecule has 1 aliphatic rings. The maximum Gasteiger partial charge on any atom is 0.311 e. The van der Waals surface area contributed by atoms with E-state index < -0.39 is 10.5 Å². The number of aromatic nitrogens is 2. The molecule has 2 heterocycles. The summed E-state index contributed by atoms with van der Waals surface area (Å²) in [5, 5.41) is 23.1. The topological polar surface area (TPSA) is 171 Å². The molecule has 6 N–H and O–H groups in total. The quantitative estimate of drug-likeness (QED) is 0.233. The van der Waals surface area contributed by atoms with E-state index in [4.69, 9.17) is 11.1 Å². The third-order valence-electron chi connectivity index (χ3n) is 2.81. The van der Waals surface area contributed by atoms with Crippen molar-refractivity contribution in [1.82, 2.24) is 20.9 Å². The molecule has 1 atom stereocenters. The molecule has 1 unspecified atom stereocenters. The van der Waals surface area contributed by atoms with Crippen LogP contribution in [0.5, 0.6) is 0 Å². The Bertz CT molecular complexity index is 585. The lowest BCUT2D eigenvalue weighted by Crippen LogP contribution is -2.26. The number of nitrogens with one attached hydrogen (secondary N) is 4. The van der Waals surface area contributed by atoms with Gasteiger partial charge in [-0.05, 0) is 30.3 Å². The maximum atomic E-state index is 10.0. The smallest absolute Gasteiger partial charge is 0.311 e. The minimum Gasteiger partial charge on any atom is -0.382 e. The highest BCUT2D eigenvalue weighted by atomic mass is 32.2. The van der Waals surface area contributed by atoms with Crippen LogP contribution in [0, 0.1) is 5.41 Å². The lowest BCUT2D eigenvalue weighted by atomic mass is 10.3. The molecule has 0 spiro atoms. The standard InChI is InChI=1S/C5H8N6O3S.C5H12N2/c6-4(7)3-5(11-14-10-3)8-1-2-9-15(12)13;1-6-5-2-3-7-4-5/h1-2H2,(H3,6,7)(H,8,11);5-7H,2-4H2,1H3. The number of anilines is 1. The Morgan fingerprint density at radius 2 is 2.36 bits per heavy atom. The van der Waals surface area contributed by atoms with Gasteiger partial charge in [0.25, 0.3) is 0 Å². The summed E-state index contributed by atoms with van der Waals surface area (Å²) in [6.45, 7) is 2.62. The van der Waals surface area contributed by atoms with Gasteiger partial charge in [-0.2, -0.15) is 12.8 Å². The lowest BCUT2D eigenvalue weighted by Gasteiger charge is -2.02. The molecular formula is C10H20N8O3S. The second kappa shape index (κ2) is 9.81. The predicted octanol–water partition coefficient (Wildman–Crippen LogP) is -1.60. The van der Waals surface area contributed by atoms with Crippen LogP contribution in [0.2, 0.25) is 0 Å². The molecule has 0 radical (unpaired) electrons.